The van der Waals surface area contributed by atoms with Crippen molar-refractivity contribution in [2.45, 2.75) is 13.0 Å². The molecular formula is C14H12BrNO3S2. The van der Waals surface area contributed by atoms with Gasteiger partial charge in [-0.3, -0.25) is 9.69 Å². The molecule has 0 unspecified atom stereocenters. The van der Waals surface area contributed by atoms with Gasteiger partial charge in [0.15, 0.2) is 0 Å². The van der Waals surface area contributed by atoms with Gasteiger partial charge < -0.3 is 4.74 Å². The van der Waals surface area contributed by atoms with E-state index in [1.54, 1.807) is 13.0 Å². The smallest absolute Gasteiger partial charge is 0.328 e. The third-order valence-corrected chi connectivity index (χ3v) is 4.72. The Kier molecular flexibility index (Phi) is 5.18. The Hall–Kier alpha value is -1.18. The molecule has 0 aromatic heterocycles. The largest absolute Gasteiger partial charge is 0.467 e. The summed E-state index contributed by atoms with van der Waals surface area (Å²) in [6.07, 6.45) is 1.76. The predicted molar refractivity (Wildman–Crippen MR) is 90.6 cm³/mol. The standard InChI is InChI=1S/C14H12BrNO3S2/c1-8(13(18)19-2)16-12(17)11(21-14(16)20)7-9-4-3-5-10(15)6-9/h3-8H,1-2H3/b11-7-/t8-/m1/s1. The van der Waals surface area contributed by atoms with Crippen LogP contribution in [-0.2, 0) is 14.3 Å². The number of hydrogen-bond acceptors (Lipinski definition) is 5. The summed E-state index contributed by atoms with van der Waals surface area (Å²) in [4.78, 5) is 25.8. The molecule has 0 bridgehead atoms. The van der Waals surface area contributed by atoms with Gasteiger partial charge in [-0.1, -0.05) is 52.0 Å². The second kappa shape index (κ2) is 6.72. The highest BCUT2D eigenvalue weighted by Crippen LogP contribution is 2.34. The molecule has 1 heterocycles. The maximum atomic E-state index is 12.4. The number of hydrogen-bond donors (Lipinski definition) is 0. The number of carbonyl (C=O) groups is 2. The summed E-state index contributed by atoms with van der Waals surface area (Å²) in [6, 6.07) is 6.85. The van der Waals surface area contributed by atoms with Crippen LogP contribution in [0.5, 0.6) is 0 Å². The molecule has 0 radical (unpaired) electrons. The molecule has 0 saturated carbocycles. The number of amides is 1. The molecule has 21 heavy (non-hydrogen) atoms. The molecule has 1 aromatic rings. The van der Waals surface area contributed by atoms with Crippen LogP contribution in [0.15, 0.2) is 33.6 Å². The second-order valence-corrected chi connectivity index (χ2v) is 6.90. The van der Waals surface area contributed by atoms with E-state index in [-0.39, 0.29) is 5.91 Å². The lowest BCUT2D eigenvalue weighted by atomic mass is 10.2. The van der Waals surface area contributed by atoms with E-state index in [4.69, 9.17) is 12.2 Å². The first-order chi connectivity index (χ1) is 9.93. The Morgan fingerprint density at radius 2 is 2.24 bits per heavy atom. The Morgan fingerprint density at radius 3 is 2.86 bits per heavy atom. The van der Waals surface area contributed by atoms with E-state index in [0.717, 1.165) is 10.0 Å². The molecule has 4 nitrogen and oxygen atoms in total. The van der Waals surface area contributed by atoms with Gasteiger partial charge in [-0.05, 0) is 30.7 Å². The van der Waals surface area contributed by atoms with Crippen molar-refractivity contribution in [3.05, 3.63) is 39.2 Å². The van der Waals surface area contributed by atoms with Crippen LogP contribution < -0.4 is 0 Å². The van der Waals surface area contributed by atoms with Crippen molar-refractivity contribution in [3.8, 4) is 0 Å². The normalized spacial score (nSPS) is 18.2. The lowest BCUT2D eigenvalue weighted by molar-refractivity contribution is -0.147. The van der Waals surface area contributed by atoms with E-state index in [1.165, 1.54) is 23.8 Å². The number of rotatable bonds is 3. The van der Waals surface area contributed by atoms with E-state index in [0.29, 0.717) is 9.23 Å². The predicted octanol–water partition coefficient (Wildman–Crippen LogP) is 3.21. The third kappa shape index (κ3) is 3.53. The molecule has 1 aliphatic rings. The minimum absolute atomic E-state index is 0.275. The van der Waals surface area contributed by atoms with E-state index in [1.807, 2.05) is 24.3 Å². The van der Waals surface area contributed by atoms with E-state index in [9.17, 15) is 9.59 Å². The average molecular weight is 386 g/mol. The van der Waals surface area contributed by atoms with Crippen LogP contribution in [0.4, 0.5) is 0 Å². The Bertz CT molecular complexity index is 645. The van der Waals surface area contributed by atoms with Crippen molar-refractivity contribution in [3.63, 3.8) is 0 Å². The number of benzene rings is 1. The first-order valence-corrected chi connectivity index (χ1v) is 8.06. The van der Waals surface area contributed by atoms with Crippen molar-refractivity contribution < 1.29 is 14.3 Å². The zero-order valence-electron chi connectivity index (χ0n) is 11.3. The highest BCUT2D eigenvalue weighted by atomic mass is 79.9. The minimum atomic E-state index is -0.726. The average Bonchev–Trinajstić information content (AvgIpc) is 2.72. The second-order valence-electron chi connectivity index (χ2n) is 4.31. The number of nitrogens with zero attached hydrogens (tertiary/aromatic N) is 1. The monoisotopic (exact) mass is 385 g/mol. The maximum Gasteiger partial charge on any atom is 0.328 e. The molecule has 1 atom stereocenters. The third-order valence-electron chi connectivity index (χ3n) is 2.90. The molecule has 2 rings (SSSR count). The van der Waals surface area contributed by atoms with Crippen molar-refractivity contribution in [1.29, 1.82) is 0 Å². The van der Waals surface area contributed by atoms with Gasteiger partial charge in [0.05, 0.1) is 12.0 Å². The number of thioether (sulfide) groups is 1. The molecule has 7 heteroatoms. The summed E-state index contributed by atoms with van der Waals surface area (Å²) in [6.45, 7) is 1.60. The van der Waals surface area contributed by atoms with Gasteiger partial charge in [-0.25, -0.2) is 4.79 Å². The Morgan fingerprint density at radius 1 is 1.52 bits per heavy atom. The summed E-state index contributed by atoms with van der Waals surface area (Å²) in [5.41, 5.74) is 0.885. The molecule has 0 aliphatic carbocycles. The fourth-order valence-corrected chi connectivity index (χ4v) is 3.67. The molecular weight excluding hydrogens is 374 g/mol. The number of thiocarbonyl (C=S) groups is 1. The molecule has 1 aromatic carbocycles. The Labute approximate surface area is 140 Å². The van der Waals surface area contributed by atoms with Gasteiger partial charge in [0.1, 0.15) is 10.4 Å². The van der Waals surface area contributed by atoms with Crippen LogP contribution in [0, 0.1) is 0 Å². The summed E-state index contributed by atoms with van der Waals surface area (Å²) in [5, 5.41) is 0. The van der Waals surface area contributed by atoms with Gasteiger partial charge in [0, 0.05) is 4.47 Å². The fraction of sp³-hybridized carbons (Fsp3) is 0.214. The zero-order valence-corrected chi connectivity index (χ0v) is 14.5. The number of carbonyl (C=O) groups excluding carboxylic acids is 2. The molecule has 1 saturated heterocycles. The van der Waals surface area contributed by atoms with Crippen molar-refractivity contribution in [2.24, 2.45) is 0 Å². The summed E-state index contributed by atoms with van der Waals surface area (Å²) in [5.74, 6) is -0.766. The van der Waals surface area contributed by atoms with Gasteiger partial charge in [0.2, 0.25) is 0 Å². The maximum absolute atomic E-state index is 12.4. The molecule has 1 fully saturated rings. The number of esters is 1. The number of ether oxygens (including phenoxy) is 1. The lowest BCUT2D eigenvalue weighted by Gasteiger charge is -2.20. The zero-order chi connectivity index (χ0) is 15.6. The van der Waals surface area contributed by atoms with Gasteiger partial charge in [-0.2, -0.15) is 0 Å². The van der Waals surface area contributed by atoms with Gasteiger partial charge >= 0.3 is 5.97 Å². The Balaban J connectivity index is 2.28. The van der Waals surface area contributed by atoms with Crippen LogP contribution in [0.3, 0.4) is 0 Å². The van der Waals surface area contributed by atoms with Crippen molar-refractivity contribution >= 4 is 62.2 Å². The lowest BCUT2D eigenvalue weighted by Crippen LogP contribution is -2.42. The molecule has 1 aliphatic heterocycles. The van der Waals surface area contributed by atoms with Crippen LogP contribution in [0.2, 0.25) is 0 Å². The summed E-state index contributed by atoms with van der Waals surface area (Å²) >= 11 is 9.76. The van der Waals surface area contributed by atoms with Crippen LogP contribution in [0.1, 0.15) is 12.5 Å². The molecule has 110 valence electrons. The van der Waals surface area contributed by atoms with E-state index < -0.39 is 12.0 Å². The van der Waals surface area contributed by atoms with E-state index in [2.05, 4.69) is 20.7 Å². The number of halogens is 1. The highest BCUT2D eigenvalue weighted by molar-refractivity contribution is 9.10. The molecule has 1 amide bonds. The molecule has 0 spiro atoms. The molecule has 0 N–H and O–H groups in total. The van der Waals surface area contributed by atoms with Crippen LogP contribution >= 0.6 is 39.9 Å². The van der Waals surface area contributed by atoms with Crippen molar-refractivity contribution in [1.82, 2.24) is 4.90 Å². The topological polar surface area (TPSA) is 46.6 Å². The van der Waals surface area contributed by atoms with E-state index >= 15 is 0 Å². The first kappa shape index (κ1) is 16.2. The van der Waals surface area contributed by atoms with Crippen LogP contribution in [0.25, 0.3) is 6.08 Å². The van der Waals surface area contributed by atoms with Gasteiger partial charge in [-0.15, -0.1) is 0 Å². The van der Waals surface area contributed by atoms with Crippen molar-refractivity contribution in [2.75, 3.05) is 7.11 Å². The highest BCUT2D eigenvalue weighted by Gasteiger charge is 2.38. The summed E-state index contributed by atoms with van der Waals surface area (Å²) in [7, 11) is 1.29. The quantitative estimate of drug-likeness (QED) is 0.454. The fourth-order valence-electron chi connectivity index (χ4n) is 1.84. The summed E-state index contributed by atoms with van der Waals surface area (Å²) < 4.78 is 5.95. The number of methoxy groups -OCH3 is 1. The van der Waals surface area contributed by atoms with Crippen LogP contribution in [-0.4, -0.2) is 34.2 Å². The SMILES string of the molecule is COC(=O)[C@@H](C)N1C(=O)/C(=C/c2cccc(Br)c2)SC1=S. The first-order valence-electron chi connectivity index (χ1n) is 6.04. The minimum Gasteiger partial charge on any atom is -0.467 e. The van der Waals surface area contributed by atoms with Gasteiger partial charge in [0.25, 0.3) is 5.91 Å².